The van der Waals surface area contributed by atoms with E-state index >= 15 is 0 Å². The van der Waals surface area contributed by atoms with Crippen molar-refractivity contribution in [1.29, 1.82) is 0 Å². The first-order valence-corrected chi connectivity index (χ1v) is 11.2. The molecule has 1 N–H and O–H groups in total. The van der Waals surface area contributed by atoms with Crippen molar-refractivity contribution >= 4 is 11.7 Å². The number of ketones is 1. The third-order valence-electron chi connectivity index (χ3n) is 6.87. The average molecular weight is 461 g/mol. The second-order valence-corrected chi connectivity index (χ2v) is 8.78. The number of anilines is 1. The molecule has 0 spiro atoms. The smallest absolute Gasteiger partial charge is 0.226 e. The Bertz CT molecular complexity index is 1280. The Hall–Kier alpha value is -3.81. The van der Waals surface area contributed by atoms with Crippen LogP contribution in [0.25, 0.3) is 0 Å². The first-order chi connectivity index (χ1) is 16.4. The van der Waals surface area contributed by atoms with Crippen molar-refractivity contribution in [2.45, 2.75) is 38.6 Å². The molecule has 5 rings (SSSR count). The van der Waals surface area contributed by atoms with E-state index in [0.717, 1.165) is 22.4 Å². The van der Waals surface area contributed by atoms with E-state index in [-0.39, 0.29) is 17.7 Å². The van der Waals surface area contributed by atoms with Crippen molar-refractivity contribution in [3.05, 3.63) is 70.2 Å². The van der Waals surface area contributed by atoms with Gasteiger partial charge in [-0.3, -0.25) is 4.79 Å². The van der Waals surface area contributed by atoms with Crippen LogP contribution in [0.15, 0.2) is 47.9 Å². The zero-order valence-corrected chi connectivity index (χ0v) is 20.0. The molecule has 34 heavy (non-hydrogen) atoms. The Morgan fingerprint density at radius 3 is 2.32 bits per heavy atom. The molecular weight excluding hydrogens is 432 g/mol. The van der Waals surface area contributed by atoms with E-state index < -0.39 is 0 Å². The maximum atomic E-state index is 13.7. The van der Waals surface area contributed by atoms with Gasteiger partial charge in [0.25, 0.3) is 0 Å². The summed E-state index contributed by atoms with van der Waals surface area (Å²) in [6.45, 7) is 4.17. The van der Waals surface area contributed by atoms with E-state index in [2.05, 4.69) is 47.4 Å². The quantitative estimate of drug-likeness (QED) is 0.606. The second-order valence-electron chi connectivity index (χ2n) is 8.78. The van der Waals surface area contributed by atoms with Crippen LogP contribution >= 0.6 is 0 Å². The molecule has 1 aliphatic heterocycles. The molecule has 1 aliphatic carbocycles. The highest BCUT2D eigenvalue weighted by atomic mass is 16.5. The minimum Gasteiger partial charge on any atom is -0.493 e. The van der Waals surface area contributed by atoms with E-state index in [1.165, 1.54) is 17.5 Å². The molecule has 176 valence electrons. The van der Waals surface area contributed by atoms with Crippen LogP contribution < -0.4 is 19.5 Å². The Balaban J connectivity index is 1.58. The van der Waals surface area contributed by atoms with Crippen molar-refractivity contribution in [1.82, 2.24) is 14.8 Å². The highest BCUT2D eigenvalue weighted by molar-refractivity contribution is 6.00. The molecule has 0 amide bonds. The van der Waals surface area contributed by atoms with Gasteiger partial charge in [-0.15, -0.1) is 0 Å². The van der Waals surface area contributed by atoms with Gasteiger partial charge in [-0.2, -0.15) is 10.1 Å². The standard InChI is InChI=1S/C26H28N4O4/c1-14-6-7-16(8-15(14)2)24-23-19(29-26-27-13-28-30(24)26)9-17(10-20(23)31)18-11-21(32-3)25(34-5)22(12-18)33-4/h6-8,11-13,17,24H,9-10H2,1-5H3,(H,27,28,29)/t17-,24+/m1/s1. The average Bonchev–Trinajstić information content (AvgIpc) is 3.31. The minimum atomic E-state index is -0.304. The van der Waals surface area contributed by atoms with E-state index in [1.807, 2.05) is 12.1 Å². The molecule has 3 aromatic rings. The molecule has 2 heterocycles. The SMILES string of the molecule is COc1cc([C@H]2CC(=O)C3=C(C2)Nc2ncnn2[C@H]3c2ccc(C)c(C)c2)cc(OC)c1OC. The Kier molecular flexibility index (Phi) is 5.51. The molecule has 0 saturated carbocycles. The van der Waals surface area contributed by atoms with Gasteiger partial charge in [-0.05, 0) is 60.6 Å². The van der Waals surface area contributed by atoms with Crippen LogP contribution in [0, 0.1) is 13.8 Å². The van der Waals surface area contributed by atoms with E-state index in [0.29, 0.717) is 36.0 Å². The van der Waals surface area contributed by atoms with Crippen LogP contribution in [-0.4, -0.2) is 41.9 Å². The number of hydrogen-bond donors (Lipinski definition) is 1. The highest BCUT2D eigenvalue weighted by Crippen LogP contribution is 2.47. The summed E-state index contributed by atoms with van der Waals surface area (Å²) in [4.78, 5) is 18.1. The normalized spacial score (nSPS) is 19.3. The number of rotatable bonds is 5. The van der Waals surface area contributed by atoms with Crippen LogP contribution in [0.3, 0.4) is 0 Å². The van der Waals surface area contributed by atoms with Gasteiger partial charge in [-0.25, -0.2) is 4.68 Å². The lowest BCUT2D eigenvalue weighted by molar-refractivity contribution is -0.116. The Labute approximate surface area is 198 Å². The summed E-state index contributed by atoms with van der Waals surface area (Å²) < 4.78 is 18.3. The summed E-state index contributed by atoms with van der Waals surface area (Å²) in [7, 11) is 4.77. The third-order valence-corrected chi connectivity index (χ3v) is 6.87. The monoisotopic (exact) mass is 460 g/mol. The molecule has 0 unspecified atom stereocenters. The predicted molar refractivity (Wildman–Crippen MR) is 128 cm³/mol. The fourth-order valence-corrected chi connectivity index (χ4v) is 4.97. The van der Waals surface area contributed by atoms with Crippen molar-refractivity contribution in [2.75, 3.05) is 26.6 Å². The van der Waals surface area contributed by atoms with Gasteiger partial charge in [0, 0.05) is 17.7 Å². The lowest BCUT2D eigenvalue weighted by Crippen LogP contribution is -2.33. The maximum Gasteiger partial charge on any atom is 0.226 e. The molecule has 0 fully saturated rings. The summed E-state index contributed by atoms with van der Waals surface area (Å²) in [5.74, 6) is 2.39. The van der Waals surface area contributed by atoms with Crippen LogP contribution in [0.5, 0.6) is 17.2 Å². The number of aryl methyl sites for hydroxylation is 2. The van der Waals surface area contributed by atoms with Crippen LogP contribution in [0.4, 0.5) is 5.95 Å². The molecule has 0 radical (unpaired) electrons. The summed E-state index contributed by atoms with van der Waals surface area (Å²) >= 11 is 0. The first kappa shape index (κ1) is 22.0. The number of carbonyl (C=O) groups is 1. The number of Topliss-reactive ketones (excluding diaryl/α,β-unsaturated/α-hetero) is 1. The lowest BCUT2D eigenvalue weighted by Gasteiger charge is -2.35. The van der Waals surface area contributed by atoms with Crippen LogP contribution in [0.2, 0.25) is 0 Å². The molecule has 1 aromatic heterocycles. The van der Waals surface area contributed by atoms with E-state index in [9.17, 15) is 4.79 Å². The van der Waals surface area contributed by atoms with Gasteiger partial charge in [-0.1, -0.05) is 18.2 Å². The van der Waals surface area contributed by atoms with Crippen molar-refractivity contribution in [3.8, 4) is 17.2 Å². The van der Waals surface area contributed by atoms with Crippen molar-refractivity contribution in [3.63, 3.8) is 0 Å². The summed E-state index contributed by atoms with van der Waals surface area (Å²) in [6, 6.07) is 9.86. The van der Waals surface area contributed by atoms with Gasteiger partial charge in [0.05, 0.1) is 21.3 Å². The number of nitrogens with zero attached hydrogens (tertiary/aromatic N) is 3. The lowest BCUT2D eigenvalue weighted by atomic mass is 9.77. The third kappa shape index (κ3) is 3.50. The first-order valence-electron chi connectivity index (χ1n) is 11.2. The molecule has 8 nitrogen and oxygen atoms in total. The van der Waals surface area contributed by atoms with Crippen molar-refractivity contribution in [2.24, 2.45) is 0 Å². The number of methoxy groups -OCH3 is 3. The second kappa shape index (κ2) is 8.52. The van der Waals surface area contributed by atoms with Crippen LogP contribution in [-0.2, 0) is 4.79 Å². The number of fused-ring (bicyclic) bond motifs is 1. The van der Waals surface area contributed by atoms with Crippen LogP contribution in [0.1, 0.15) is 47.1 Å². The summed E-state index contributed by atoms with van der Waals surface area (Å²) in [5.41, 5.74) is 6.03. The molecule has 0 saturated heterocycles. The van der Waals surface area contributed by atoms with Crippen molar-refractivity contribution < 1.29 is 19.0 Å². The van der Waals surface area contributed by atoms with Gasteiger partial charge in [0.15, 0.2) is 17.3 Å². The number of nitrogens with one attached hydrogen (secondary N) is 1. The highest BCUT2D eigenvalue weighted by Gasteiger charge is 2.39. The molecule has 0 bridgehead atoms. The number of ether oxygens (including phenoxy) is 3. The number of hydrogen-bond acceptors (Lipinski definition) is 7. The Morgan fingerprint density at radius 2 is 1.68 bits per heavy atom. The van der Waals surface area contributed by atoms with E-state index in [4.69, 9.17) is 14.2 Å². The zero-order valence-electron chi connectivity index (χ0n) is 20.0. The topological polar surface area (TPSA) is 87.5 Å². The molecular formula is C26H28N4O4. The minimum absolute atomic E-state index is 0.0395. The molecule has 2 atom stereocenters. The van der Waals surface area contributed by atoms with E-state index in [1.54, 1.807) is 26.0 Å². The number of allylic oxidation sites excluding steroid dienone is 2. The fourth-order valence-electron chi connectivity index (χ4n) is 4.97. The molecule has 2 aliphatic rings. The Morgan fingerprint density at radius 1 is 0.941 bits per heavy atom. The predicted octanol–water partition coefficient (Wildman–Crippen LogP) is 4.34. The largest absolute Gasteiger partial charge is 0.493 e. The van der Waals surface area contributed by atoms with Gasteiger partial charge in [0.2, 0.25) is 11.7 Å². The van der Waals surface area contributed by atoms with Gasteiger partial charge in [0.1, 0.15) is 12.4 Å². The van der Waals surface area contributed by atoms with Gasteiger partial charge < -0.3 is 19.5 Å². The summed E-state index contributed by atoms with van der Waals surface area (Å²) in [5, 5.41) is 7.82. The number of benzene rings is 2. The maximum absolute atomic E-state index is 13.7. The number of carbonyl (C=O) groups excluding carboxylic acids is 1. The van der Waals surface area contributed by atoms with Gasteiger partial charge >= 0.3 is 0 Å². The number of aromatic nitrogens is 3. The zero-order chi connectivity index (χ0) is 24.0. The summed E-state index contributed by atoms with van der Waals surface area (Å²) in [6.07, 6.45) is 2.56. The fraction of sp³-hybridized carbons (Fsp3) is 0.346. The molecule has 2 aromatic carbocycles. The molecule has 8 heteroatoms.